The van der Waals surface area contributed by atoms with Crippen LogP contribution in [0.5, 0.6) is 5.75 Å². The van der Waals surface area contributed by atoms with Gasteiger partial charge in [0, 0.05) is 26.2 Å². The van der Waals surface area contributed by atoms with Crippen molar-refractivity contribution in [2.75, 3.05) is 19.7 Å². The van der Waals surface area contributed by atoms with Gasteiger partial charge in [0.1, 0.15) is 17.0 Å². The molecule has 2 aliphatic heterocycles. The molecule has 15 heteroatoms. The van der Waals surface area contributed by atoms with Gasteiger partial charge in [0.15, 0.2) is 0 Å². The van der Waals surface area contributed by atoms with Crippen LogP contribution in [0.1, 0.15) is 81.1 Å². The molecule has 11 nitrogen and oxygen atoms in total. The van der Waals surface area contributed by atoms with Crippen molar-refractivity contribution in [2.24, 2.45) is 0 Å². The van der Waals surface area contributed by atoms with Crippen molar-refractivity contribution < 1.29 is 54.4 Å². The first-order chi connectivity index (χ1) is 21.6. The van der Waals surface area contributed by atoms with E-state index in [2.05, 4.69) is 4.18 Å². The fraction of sp³-hybridized carbons (Fsp3) is 0.531. The smallest absolute Gasteiger partial charge is 0.462 e. The third kappa shape index (κ3) is 10.8. The Morgan fingerprint density at radius 1 is 0.745 bits per heavy atom. The Morgan fingerprint density at radius 2 is 1.21 bits per heavy atom. The number of rotatable bonds is 4. The fourth-order valence-electron chi connectivity index (χ4n) is 4.62. The molecule has 2 amide bonds. The number of halogens is 3. The highest BCUT2D eigenvalue weighted by Gasteiger charge is 2.48. The van der Waals surface area contributed by atoms with Gasteiger partial charge in [-0.3, -0.25) is 0 Å². The molecule has 47 heavy (non-hydrogen) atoms. The molecule has 0 bridgehead atoms. The van der Waals surface area contributed by atoms with Crippen molar-refractivity contribution in [3.63, 3.8) is 0 Å². The number of nitrogens with zero attached hydrogens (tertiary/aromatic N) is 2. The maximum atomic E-state index is 12.4. The summed E-state index contributed by atoms with van der Waals surface area (Å²) in [7, 11) is -5.74. The highest BCUT2D eigenvalue weighted by molar-refractivity contribution is 7.88. The molecule has 0 aromatic heterocycles. The van der Waals surface area contributed by atoms with Gasteiger partial charge in [0.25, 0.3) is 0 Å². The third-order valence-corrected chi connectivity index (χ3v) is 7.69. The summed E-state index contributed by atoms with van der Waals surface area (Å²) in [6.07, 6.45) is 0.366. The largest absolute Gasteiger partial charge is 0.534 e. The van der Waals surface area contributed by atoms with Crippen LogP contribution in [-0.2, 0) is 50.3 Å². The van der Waals surface area contributed by atoms with Gasteiger partial charge >= 0.3 is 33.8 Å². The van der Waals surface area contributed by atoms with Gasteiger partial charge in [-0.05, 0) is 108 Å². The molecule has 2 aromatic carbocycles. The van der Waals surface area contributed by atoms with E-state index in [0.717, 1.165) is 29.2 Å². The van der Waals surface area contributed by atoms with E-state index < -0.39 is 38.7 Å². The summed E-state index contributed by atoms with van der Waals surface area (Å²) >= 11 is 0. The molecule has 0 unspecified atom stereocenters. The van der Waals surface area contributed by atoms with E-state index in [1.165, 1.54) is 17.0 Å². The van der Waals surface area contributed by atoms with Crippen LogP contribution in [0.25, 0.3) is 0 Å². The second-order valence-electron chi connectivity index (χ2n) is 12.9. The van der Waals surface area contributed by atoms with Crippen LogP contribution < -0.4 is 4.18 Å². The number of carbonyl (C=O) groups excluding carboxylic acids is 3. The molecule has 0 fully saturated rings. The minimum absolute atomic E-state index is 0.0908. The molecule has 0 radical (unpaired) electrons. The molecule has 0 N–H and O–H groups in total. The quantitative estimate of drug-likeness (QED) is 0.156. The number of alkyl halides is 3. The molecule has 0 aliphatic carbocycles. The number of esters is 1. The second-order valence-corrected chi connectivity index (χ2v) is 14.5. The Hall–Kier alpha value is -4.01. The average Bonchev–Trinajstić information content (AvgIpc) is 2.94. The van der Waals surface area contributed by atoms with Gasteiger partial charge in [-0.1, -0.05) is 12.1 Å². The Labute approximate surface area is 273 Å². The zero-order chi connectivity index (χ0) is 35.4. The first-order valence-electron chi connectivity index (χ1n) is 15.0. The summed E-state index contributed by atoms with van der Waals surface area (Å²) in [6, 6.07) is 9.36. The summed E-state index contributed by atoms with van der Waals surface area (Å²) in [4.78, 5) is 39.1. The Bertz CT molecular complexity index is 1580. The lowest BCUT2D eigenvalue weighted by Crippen LogP contribution is -2.39. The highest BCUT2D eigenvalue weighted by Crippen LogP contribution is 2.30. The van der Waals surface area contributed by atoms with Crippen molar-refractivity contribution in [1.29, 1.82) is 0 Å². The topological polar surface area (TPSA) is 129 Å². The Balaban J connectivity index is 0.000000257. The van der Waals surface area contributed by atoms with Crippen molar-refractivity contribution in [3.8, 4) is 5.75 Å². The number of hydrogen-bond donors (Lipinski definition) is 0. The van der Waals surface area contributed by atoms with Crippen LogP contribution in [0.2, 0.25) is 0 Å². The highest BCUT2D eigenvalue weighted by atomic mass is 32.2. The molecule has 4 rings (SSSR count). The van der Waals surface area contributed by atoms with Gasteiger partial charge in [-0.25, -0.2) is 14.4 Å². The van der Waals surface area contributed by atoms with Gasteiger partial charge < -0.3 is 28.2 Å². The number of hydrogen-bond acceptors (Lipinski definition) is 9. The van der Waals surface area contributed by atoms with Gasteiger partial charge in [-0.15, -0.1) is 0 Å². The fourth-order valence-corrected chi connectivity index (χ4v) is 5.07. The van der Waals surface area contributed by atoms with E-state index in [9.17, 15) is 36.0 Å². The van der Waals surface area contributed by atoms with Gasteiger partial charge in [0.05, 0.1) is 12.2 Å². The van der Waals surface area contributed by atoms with E-state index in [1.807, 2.05) is 32.9 Å². The third-order valence-electron chi connectivity index (χ3n) is 6.71. The molecule has 2 aromatic rings. The summed E-state index contributed by atoms with van der Waals surface area (Å²) in [6.45, 7) is 14.4. The lowest BCUT2D eigenvalue weighted by Gasteiger charge is -2.31. The van der Waals surface area contributed by atoms with Crippen molar-refractivity contribution in [2.45, 2.75) is 91.1 Å². The minimum Gasteiger partial charge on any atom is -0.462 e. The van der Waals surface area contributed by atoms with Crippen molar-refractivity contribution in [3.05, 3.63) is 64.2 Å². The van der Waals surface area contributed by atoms with Crippen LogP contribution >= 0.6 is 0 Å². The van der Waals surface area contributed by atoms with E-state index in [-0.39, 0.29) is 18.6 Å². The molecule has 260 valence electrons. The van der Waals surface area contributed by atoms with Crippen LogP contribution in [0.3, 0.4) is 0 Å². The Morgan fingerprint density at radius 3 is 1.66 bits per heavy atom. The molecule has 0 spiro atoms. The summed E-state index contributed by atoms with van der Waals surface area (Å²) < 4.78 is 79.2. The van der Waals surface area contributed by atoms with Crippen molar-refractivity contribution in [1.82, 2.24) is 9.80 Å². The predicted molar refractivity (Wildman–Crippen MR) is 165 cm³/mol. The normalized spacial score (nSPS) is 14.9. The number of benzene rings is 2. The molecule has 2 aliphatic rings. The van der Waals surface area contributed by atoms with Crippen LogP contribution in [0.4, 0.5) is 22.8 Å². The standard InChI is InChI=1S/C17H23NO4.C15H18F3NO5S/c1-5-21-15(19)13-7-6-12-8-9-18(11-14(12)10-13)16(20)22-17(2,3)4;1-14(2,3)23-13(20)19-7-6-10-4-5-12(8-11(10)9-19)24-25(21,22)15(16,17)18/h6-7,10H,5,8-9,11H2,1-4H3;4-5,8H,6-7,9H2,1-3H3. The zero-order valence-corrected chi connectivity index (χ0v) is 28.3. The maximum Gasteiger partial charge on any atom is 0.534 e. The molecule has 0 saturated carbocycles. The maximum absolute atomic E-state index is 12.4. The molecule has 0 atom stereocenters. The van der Waals surface area contributed by atoms with Gasteiger partial charge in [-0.2, -0.15) is 21.6 Å². The number of fused-ring (bicyclic) bond motifs is 2. The van der Waals surface area contributed by atoms with Crippen LogP contribution in [0, 0.1) is 0 Å². The van der Waals surface area contributed by atoms with E-state index >= 15 is 0 Å². The minimum atomic E-state index is -5.74. The predicted octanol–water partition coefficient (Wildman–Crippen LogP) is 6.36. The second kappa shape index (κ2) is 14.4. The van der Waals surface area contributed by atoms with Crippen LogP contribution in [0.15, 0.2) is 36.4 Å². The lowest BCUT2D eigenvalue weighted by atomic mass is 9.97. The van der Waals surface area contributed by atoms with Gasteiger partial charge in [0.2, 0.25) is 0 Å². The number of amides is 2. The molecule has 2 heterocycles. The van der Waals surface area contributed by atoms with Crippen molar-refractivity contribution >= 4 is 28.3 Å². The zero-order valence-electron chi connectivity index (χ0n) is 27.5. The summed E-state index contributed by atoms with van der Waals surface area (Å²) in [5.41, 5.74) is -2.73. The van der Waals surface area contributed by atoms with Crippen LogP contribution in [-0.4, -0.2) is 72.8 Å². The summed E-state index contributed by atoms with van der Waals surface area (Å²) in [5.74, 6) is -0.790. The Kier molecular flexibility index (Phi) is 11.5. The SMILES string of the molecule is CC(C)(C)OC(=O)N1CCc2ccc(OS(=O)(=O)C(F)(F)F)cc2C1.CCOC(=O)c1ccc2c(c1)CN(C(=O)OC(C)(C)C)CC2. The van der Waals surface area contributed by atoms with E-state index in [4.69, 9.17) is 14.2 Å². The first-order valence-corrected chi connectivity index (χ1v) is 16.4. The molecular formula is C32H41F3N2O9S. The summed E-state index contributed by atoms with van der Waals surface area (Å²) in [5, 5.41) is 0. The first kappa shape index (κ1) is 37.4. The van der Waals surface area contributed by atoms with E-state index in [0.29, 0.717) is 43.8 Å². The monoisotopic (exact) mass is 686 g/mol. The lowest BCUT2D eigenvalue weighted by molar-refractivity contribution is -0.0500. The molecule has 0 saturated heterocycles. The number of carbonyl (C=O) groups is 3. The number of ether oxygens (including phenoxy) is 3. The average molecular weight is 687 g/mol. The van der Waals surface area contributed by atoms with E-state index in [1.54, 1.807) is 38.7 Å². The molecular weight excluding hydrogens is 645 g/mol.